The van der Waals surface area contributed by atoms with E-state index < -0.39 is 11.9 Å². The van der Waals surface area contributed by atoms with Crippen molar-refractivity contribution in [2.45, 2.75) is 27.7 Å². The van der Waals surface area contributed by atoms with E-state index in [9.17, 15) is 19.8 Å². The van der Waals surface area contributed by atoms with Crippen LogP contribution >= 0.6 is 0 Å². The third-order valence-corrected chi connectivity index (χ3v) is 6.69. The van der Waals surface area contributed by atoms with Gasteiger partial charge in [-0.2, -0.15) is 0 Å². The second-order valence-corrected chi connectivity index (χ2v) is 8.59. The Kier molecular flexibility index (Phi) is 13.7. The number of carboxylic acid groups (broad SMARTS) is 2. The van der Waals surface area contributed by atoms with E-state index in [4.69, 9.17) is 4.42 Å². The first kappa shape index (κ1) is 35.2. The summed E-state index contributed by atoms with van der Waals surface area (Å²) in [6.07, 6.45) is 0. The summed E-state index contributed by atoms with van der Waals surface area (Å²) in [7, 11) is 0. The van der Waals surface area contributed by atoms with Crippen molar-refractivity contribution in [3.63, 3.8) is 0 Å². The molecule has 0 aromatic heterocycles. The molecule has 4 rings (SSSR count). The molecule has 0 saturated heterocycles. The smallest absolute Gasteiger partial charge is 0.336 e. The van der Waals surface area contributed by atoms with Crippen molar-refractivity contribution in [2.75, 3.05) is 31.1 Å². The minimum atomic E-state index is -1.18. The first-order chi connectivity index (χ1) is 17.3. The number of benzene rings is 3. The number of fused-ring (bicyclic) bond motifs is 2. The average molecular weight is 569 g/mol. The van der Waals surface area contributed by atoms with Crippen molar-refractivity contribution in [2.24, 2.45) is 0 Å². The fourth-order valence-electron chi connectivity index (χ4n) is 4.72. The fourth-order valence-corrected chi connectivity index (χ4v) is 4.72. The SMILES string of the molecule is CCN(CC)c1cc(-c2ccc(C(=O)O)cc2C(=O)O)c2cc3ccc(=[N+](CC)CC)cc-3oc2c1.[Cl-].[Na].[Na]. The molecule has 0 amide bonds. The maximum Gasteiger partial charge on any atom is 0.336 e. The third-order valence-electron chi connectivity index (χ3n) is 6.69. The van der Waals surface area contributed by atoms with Crippen LogP contribution in [0.2, 0.25) is 0 Å². The average Bonchev–Trinajstić information content (AvgIpc) is 2.88. The summed E-state index contributed by atoms with van der Waals surface area (Å²) < 4.78 is 8.69. The number of hydrogen-bond donors (Lipinski definition) is 2. The van der Waals surface area contributed by atoms with Gasteiger partial charge < -0.3 is 31.9 Å². The molecule has 0 saturated carbocycles. The van der Waals surface area contributed by atoms with Gasteiger partial charge in [0.2, 0.25) is 5.36 Å². The summed E-state index contributed by atoms with van der Waals surface area (Å²) >= 11 is 0. The van der Waals surface area contributed by atoms with Gasteiger partial charge in [0.15, 0.2) is 0 Å². The molecule has 2 aliphatic rings. The molecule has 0 fully saturated rings. The van der Waals surface area contributed by atoms with Crippen molar-refractivity contribution in [1.29, 1.82) is 0 Å². The predicted octanol–water partition coefficient (Wildman–Crippen LogP) is 1.50. The van der Waals surface area contributed by atoms with Gasteiger partial charge in [0, 0.05) is 101 Å². The minimum absolute atomic E-state index is 0. The van der Waals surface area contributed by atoms with Crippen LogP contribution in [0.3, 0.4) is 0 Å². The van der Waals surface area contributed by atoms with Crippen LogP contribution < -0.4 is 27.2 Å². The van der Waals surface area contributed by atoms with Gasteiger partial charge in [-0.3, -0.25) is 0 Å². The largest absolute Gasteiger partial charge is 1.00 e. The van der Waals surface area contributed by atoms with Gasteiger partial charge in [-0.1, -0.05) is 6.07 Å². The zero-order valence-electron chi connectivity index (χ0n) is 23.4. The van der Waals surface area contributed by atoms with Gasteiger partial charge in [-0.25, -0.2) is 14.2 Å². The number of rotatable bonds is 8. The molecule has 1 aliphatic heterocycles. The zero-order chi connectivity index (χ0) is 26.0. The molecule has 2 aromatic carbocycles. The molecule has 2 aromatic rings. The molecular weight excluding hydrogens is 538 g/mol. The van der Waals surface area contributed by atoms with E-state index in [1.54, 1.807) is 6.07 Å². The number of hydrogen-bond acceptors (Lipinski definition) is 4. The molecule has 1 heterocycles. The molecule has 196 valence electrons. The molecule has 0 unspecified atom stereocenters. The standard InChI is InChI=1S/C29H30N2O5.ClH.2Na/c1-5-30(6-2)20-11-9-18-13-24-23(22-12-10-19(28(32)33)14-25(22)29(34)35)15-21(31(7-3)8-4)17-27(24)36-26(18)16-20;;;/h9-17H,5-8H2,1-4H3,(H-,32,33,34,35);1H;;. The summed E-state index contributed by atoms with van der Waals surface area (Å²) in [5, 5.41) is 21.2. The number of carbonyl (C=O) groups is 2. The van der Waals surface area contributed by atoms with Crippen molar-refractivity contribution in [1.82, 2.24) is 4.58 Å². The summed E-state index contributed by atoms with van der Waals surface area (Å²) in [5.41, 5.74) is 3.43. The number of anilines is 1. The second kappa shape index (κ2) is 15.2. The van der Waals surface area contributed by atoms with Crippen molar-refractivity contribution < 1.29 is 36.6 Å². The van der Waals surface area contributed by atoms with E-state index in [0.717, 1.165) is 53.9 Å². The van der Waals surface area contributed by atoms with Gasteiger partial charge in [-0.15, -0.1) is 0 Å². The van der Waals surface area contributed by atoms with Crippen molar-refractivity contribution in [3.8, 4) is 22.5 Å². The van der Waals surface area contributed by atoms with E-state index in [-0.39, 0.29) is 82.6 Å². The Balaban J connectivity index is 0.00000253. The number of nitrogens with zero attached hydrogens (tertiary/aromatic N) is 2. The summed E-state index contributed by atoms with van der Waals surface area (Å²) in [5.74, 6) is -1.61. The molecule has 0 atom stereocenters. The molecular formula is C29H31ClN2Na2O5. The third kappa shape index (κ3) is 7.27. The molecule has 1 aliphatic carbocycles. The molecule has 2 radical (unpaired) electrons. The van der Waals surface area contributed by atoms with Crippen LogP contribution in [0.4, 0.5) is 5.69 Å². The summed E-state index contributed by atoms with van der Waals surface area (Å²) in [6, 6.07) is 16.3. The molecule has 10 heteroatoms. The van der Waals surface area contributed by atoms with Gasteiger partial charge in [0.25, 0.3) is 0 Å². The first-order valence-electron chi connectivity index (χ1n) is 12.3. The Labute approximate surface area is 278 Å². The van der Waals surface area contributed by atoms with Crippen LogP contribution in [-0.2, 0) is 0 Å². The summed E-state index contributed by atoms with van der Waals surface area (Å²) in [6.45, 7) is 11.7. The van der Waals surface area contributed by atoms with Crippen LogP contribution in [0.25, 0.3) is 33.4 Å². The zero-order valence-corrected chi connectivity index (χ0v) is 28.2. The normalized spacial score (nSPS) is 10.3. The maximum atomic E-state index is 12.2. The maximum absolute atomic E-state index is 12.2. The van der Waals surface area contributed by atoms with E-state index >= 15 is 0 Å². The molecule has 39 heavy (non-hydrogen) atoms. The van der Waals surface area contributed by atoms with E-state index in [1.807, 2.05) is 30.3 Å². The fraction of sp³-hybridized carbons (Fsp3) is 0.276. The van der Waals surface area contributed by atoms with E-state index in [0.29, 0.717) is 16.7 Å². The van der Waals surface area contributed by atoms with Crippen molar-refractivity contribution in [3.05, 3.63) is 71.1 Å². The topological polar surface area (TPSA) is 94.0 Å². The number of aromatic carboxylic acids is 2. The Morgan fingerprint density at radius 3 is 2.05 bits per heavy atom. The molecule has 7 nitrogen and oxygen atoms in total. The minimum Gasteiger partial charge on any atom is -1.00 e. The number of halogens is 1. The quantitative estimate of drug-likeness (QED) is 0.190. The monoisotopic (exact) mass is 568 g/mol. The van der Waals surface area contributed by atoms with Gasteiger partial charge in [-0.05, 0) is 69.2 Å². The van der Waals surface area contributed by atoms with Crippen LogP contribution in [0.1, 0.15) is 48.4 Å². The molecule has 2 N–H and O–H groups in total. The molecule has 0 spiro atoms. The van der Waals surface area contributed by atoms with Crippen LogP contribution in [0.5, 0.6) is 0 Å². The van der Waals surface area contributed by atoms with Crippen molar-refractivity contribution >= 4 is 87.7 Å². The second-order valence-electron chi connectivity index (χ2n) is 8.59. The van der Waals surface area contributed by atoms with Gasteiger partial charge in [0.05, 0.1) is 17.2 Å². The number of carboxylic acids is 2. The Bertz CT molecular complexity index is 1510. The van der Waals surface area contributed by atoms with Crippen LogP contribution in [0, 0.1) is 0 Å². The summed E-state index contributed by atoms with van der Waals surface area (Å²) in [4.78, 5) is 25.8. The Morgan fingerprint density at radius 1 is 0.821 bits per heavy atom. The Morgan fingerprint density at radius 2 is 1.49 bits per heavy atom. The van der Waals surface area contributed by atoms with Crippen LogP contribution in [0.15, 0.2) is 59.0 Å². The van der Waals surface area contributed by atoms with Crippen LogP contribution in [-0.4, -0.2) is 107 Å². The van der Waals surface area contributed by atoms with E-state index in [1.165, 1.54) is 12.1 Å². The van der Waals surface area contributed by atoms with Gasteiger partial charge >= 0.3 is 11.9 Å². The molecule has 0 bridgehead atoms. The first-order valence-corrected chi connectivity index (χ1v) is 12.3. The van der Waals surface area contributed by atoms with Gasteiger partial charge in [0.1, 0.15) is 24.4 Å². The Hall–Kier alpha value is -1.84. The van der Waals surface area contributed by atoms with E-state index in [2.05, 4.69) is 43.2 Å². The predicted molar refractivity (Wildman–Crippen MR) is 154 cm³/mol.